The van der Waals surface area contributed by atoms with E-state index in [0.29, 0.717) is 11.9 Å². The van der Waals surface area contributed by atoms with E-state index in [1.165, 1.54) is 24.8 Å². The first-order valence-corrected chi connectivity index (χ1v) is 10.7. The molecule has 150 valence electrons. The van der Waals surface area contributed by atoms with E-state index in [1.54, 1.807) is 0 Å². The first-order valence-electron chi connectivity index (χ1n) is 10.7. The third-order valence-corrected chi connectivity index (χ3v) is 6.72. The van der Waals surface area contributed by atoms with Crippen molar-refractivity contribution in [2.45, 2.75) is 50.0 Å². The predicted molar refractivity (Wildman–Crippen MR) is 107 cm³/mol. The Kier molecular flexibility index (Phi) is 3.97. The molecule has 0 atom stereocenters. The molecule has 1 aliphatic carbocycles. The minimum atomic E-state index is -0.305. The molecule has 1 saturated heterocycles. The quantitative estimate of drug-likeness (QED) is 0.680. The summed E-state index contributed by atoms with van der Waals surface area (Å²) in [5.41, 5.74) is 3.19. The zero-order valence-corrected chi connectivity index (χ0v) is 16.5. The SMILES string of the molecule is c1ccc(-n2cc3c(n2)C2(CCN(c4nnc(C5CCC5)o4)CC2)OCC3)cc1. The van der Waals surface area contributed by atoms with Gasteiger partial charge in [0.25, 0.3) is 0 Å². The molecule has 1 saturated carbocycles. The van der Waals surface area contributed by atoms with Crippen molar-refractivity contribution in [1.29, 1.82) is 0 Å². The molecule has 6 rings (SSSR count). The Hall–Kier alpha value is -2.67. The highest BCUT2D eigenvalue weighted by Gasteiger charge is 2.44. The van der Waals surface area contributed by atoms with E-state index in [0.717, 1.165) is 56.2 Å². The van der Waals surface area contributed by atoms with Gasteiger partial charge in [0.1, 0.15) is 5.60 Å². The zero-order valence-electron chi connectivity index (χ0n) is 16.5. The van der Waals surface area contributed by atoms with Gasteiger partial charge in [-0.05, 0) is 49.8 Å². The molecular formula is C22H25N5O2. The molecule has 0 bridgehead atoms. The fourth-order valence-corrected chi connectivity index (χ4v) is 4.73. The molecule has 2 aliphatic heterocycles. The van der Waals surface area contributed by atoms with Crippen LogP contribution >= 0.6 is 0 Å². The molecule has 4 heterocycles. The average Bonchev–Trinajstić information content (AvgIpc) is 3.37. The maximum Gasteiger partial charge on any atom is 0.318 e. The van der Waals surface area contributed by atoms with E-state index in [4.69, 9.17) is 14.3 Å². The highest BCUT2D eigenvalue weighted by atomic mass is 16.5. The molecule has 29 heavy (non-hydrogen) atoms. The Morgan fingerprint density at radius 2 is 1.86 bits per heavy atom. The third-order valence-electron chi connectivity index (χ3n) is 6.72. The number of anilines is 1. The van der Waals surface area contributed by atoms with E-state index in [9.17, 15) is 0 Å². The van der Waals surface area contributed by atoms with Gasteiger partial charge < -0.3 is 14.1 Å². The van der Waals surface area contributed by atoms with Gasteiger partial charge in [-0.1, -0.05) is 29.7 Å². The predicted octanol–water partition coefficient (Wildman–Crippen LogP) is 3.59. The first kappa shape index (κ1) is 17.2. The highest BCUT2D eigenvalue weighted by molar-refractivity contribution is 5.37. The smallest absolute Gasteiger partial charge is 0.318 e. The Morgan fingerprint density at radius 1 is 1.03 bits per heavy atom. The summed E-state index contributed by atoms with van der Waals surface area (Å²) in [5.74, 6) is 1.28. The third kappa shape index (κ3) is 2.87. The summed E-state index contributed by atoms with van der Waals surface area (Å²) in [6.07, 6.45) is 8.47. The normalized spacial score (nSPS) is 21.2. The number of para-hydroxylation sites is 1. The van der Waals surface area contributed by atoms with Crippen molar-refractivity contribution in [3.8, 4) is 5.69 Å². The van der Waals surface area contributed by atoms with Crippen LogP contribution in [0.2, 0.25) is 0 Å². The first-order chi connectivity index (χ1) is 14.3. The second-order valence-corrected chi connectivity index (χ2v) is 8.41. The summed E-state index contributed by atoms with van der Waals surface area (Å²) in [5, 5.41) is 13.6. The Bertz CT molecular complexity index is 999. The second kappa shape index (κ2) is 6.69. The van der Waals surface area contributed by atoms with Crippen LogP contribution in [0.4, 0.5) is 6.01 Å². The van der Waals surface area contributed by atoms with E-state index >= 15 is 0 Å². The second-order valence-electron chi connectivity index (χ2n) is 8.41. The monoisotopic (exact) mass is 391 g/mol. The van der Waals surface area contributed by atoms with Crippen molar-refractivity contribution in [3.63, 3.8) is 0 Å². The molecule has 3 aromatic rings. The fourth-order valence-electron chi connectivity index (χ4n) is 4.73. The molecule has 3 aliphatic rings. The molecule has 0 amide bonds. The molecule has 0 radical (unpaired) electrons. The molecule has 2 aromatic heterocycles. The average molecular weight is 391 g/mol. The van der Waals surface area contributed by atoms with Gasteiger partial charge in [-0.25, -0.2) is 4.68 Å². The van der Waals surface area contributed by atoms with Crippen LogP contribution in [-0.2, 0) is 16.8 Å². The molecule has 1 spiro atoms. The summed E-state index contributed by atoms with van der Waals surface area (Å²) < 4.78 is 14.3. The number of rotatable bonds is 3. The number of piperidine rings is 1. The van der Waals surface area contributed by atoms with Crippen molar-refractivity contribution in [3.05, 3.63) is 53.7 Å². The van der Waals surface area contributed by atoms with Gasteiger partial charge in [0, 0.05) is 25.2 Å². The van der Waals surface area contributed by atoms with Crippen molar-refractivity contribution in [1.82, 2.24) is 20.0 Å². The maximum absolute atomic E-state index is 6.37. The number of hydrogen-bond acceptors (Lipinski definition) is 6. The number of aromatic nitrogens is 4. The lowest BCUT2D eigenvalue weighted by Crippen LogP contribution is -2.47. The highest BCUT2D eigenvalue weighted by Crippen LogP contribution is 2.42. The molecule has 0 unspecified atom stereocenters. The summed E-state index contributed by atoms with van der Waals surface area (Å²) in [7, 11) is 0. The summed E-state index contributed by atoms with van der Waals surface area (Å²) in [4.78, 5) is 2.20. The number of nitrogens with zero attached hydrogens (tertiary/aromatic N) is 5. The lowest BCUT2D eigenvalue weighted by atomic mass is 9.84. The zero-order chi connectivity index (χ0) is 19.3. The molecule has 2 fully saturated rings. The lowest BCUT2D eigenvalue weighted by molar-refractivity contribution is -0.0800. The largest absolute Gasteiger partial charge is 0.408 e. The molecule has 7 heteroatoms. The van der Waals surface area contributed by atoms with Crippen LogP contribution in [0.1, 0.15) is 55.2 Å². The van der Waals surface area contributed by atoms with Gasteiger partial charge in [-0.3, -0.25) is 0 Å². The van der Waals surface area contributed by atoms with Crippen LogP contribution in [0.3, 0.4) is 0 Å². The molecule has 1 aromatic carbocycles. The van der Waals surface area contributed by atoms with Crippen LogP contribution in [0.15, 0.2) is 40.9 Å². The summed E-state index contributed by atoms with van der Waals surface area (Å²) in [6.45, 7) is 2.42. The molecular weight excluding hydrogens is 366 g/mol. The Balaban J connectivity index is 1.23. The van der Waals surface area contributed by atoms with Crippen molar-refractivity contribution >= 4 is 6.01 Å². The minimum absolute atomic E-state index is 0.305. The number of benzene rings is 1. The number of ether oxygens (including phenoxy) is 1. The Morgan fingerprint density at radius 3 is 2.62 bits per heavy atom. The molecule has 7 nitrogen and oxygen atoms in total. The molecule has 0 N–H and O–H groups in total. The fraction of sp³-hybridized carbons (Fsp3) is 0.500. The lowest BCUT2D eigenvalue weighted by Gasteiger charge is -2.42. The Labute approximate surface area is 169 Å². The van der Waals surface area contributed by atoms with E-state index < -0.39 is 0 Å². The number of hydrogen-bond donors (Lipinski definition) is 0. The van der Waals surface area contributed by atoms with Crippen LogP contribution in [0, 0.1) is 0 Å². The van der Waals surface area contributed by atoms with Gasteiger partial charge in [0.05, 0.1) is 18.0 Å². The van der Waals surface area contributed by atoms with Crippen molar-refractivity contribution in [2.75, 3.05) is 24.6 Å². The van der Waals surface area contributed by atoms with E-state index in [1.807, 2.05) is 22.9 Å². The van der Waals surface area contributed by atoms with Crippen molar-refractivity contribution in [2.24, 2.45) is 0 Å². The van der Waals surface area contributed by atoms with E-state index in [2.05, 4.69) is 33.4 Å². The summed E-state index contributed by atoms with van der Waals surface area (Å²) in [6, 6.07) is 11.0. The van der Waals surface area contributed by atoms with Crippen LogP contribution in [0.5, 0.6) is 0 Å². The van der Waals surface area contributed by atoms with Gasteiger partial charge in [0.2, 0.25) is 5.89 Å². The topological polar surface area (TPSA) is 69.2 Å². The van der Waals surface area contributed by atoms with Gasteiger partial charge in [0.15, 0.2) is 0 Å². The van der Waals surface area contributed by atoms with Crippen molar-refractivity contribution < 1.29 is 9.15 Å². The van der Waals surface area contributed by atoms with Gasteiger partial charge in [-0.15, -0.1) is 5.10 Å². The van der Waals surface area contributed by atoms with E-state index in [-0.39, 0.29) is 5.60 Å². The number of fused-ring (bicyclic) bond motifs is 2. The standard InChI is InChI=1S/C22H25N5O2/c1-2-7-18(8-3-1)27-15-17-9-14-28-22(19(17)25-27)10-12-26(13-11-22)21-24-23-20(29-21)16-5-4-6-16/h1-3,7-8,15-16H,4-6,9-14H2. The summed E-state index contributed by atoms with van der Waals surface area (Å²) >= 11 is 0. The van der Waals surface area contributed by atoms with Gasteiger partial charge >= 0.3 is 6.01 Å². The maximum atomic E-state index is 6.37. The van der Waals surface area contributed by atoms with Crippen LogP contribution in [-0.4, -0.2) is 39.7 Å². The van der Waals surface area contributed by atoms with Crippen LogP contribution in [0.25, 0.3) is 5.69 Å². The minimum Gasteiger partial charge on any atom is -0.408 e. The van der Waals surface area contributed by atoms with Crippen LogP contribution < -0.4 is 4.90 Å². The van der Waals surface area contributed by atoms with Gasteiger partial charge in [-0.2, -0.15) is 5.10 Å².